The molecule has 0 saturated heterocycles. The fourth-order valence-electron chi connectivity index (χ4n) is 5.06. The van der Waals surface area contributed by atoms with Crippen LogP contribution in [0.5, 0.6) is 0 Å². The smallest absolute Gasteiger partial charge is 0.249 e. The molecule has 1 amide bonds. The summed E-state index contributed by atoms with van der Waals surface area (Å²) in [6, 6.07) is 0.666. The molecule has 23 heavy (non-hydrogen) atoms. The number of rotatable bonds is 5. The number of ether oxygens (including phenoxy) is 1. The van der Waals surface area contributed by atoms with Crippen LogP contribution in [-0.2, 0) is 9.53 Å². The van der Waals surface area contributed by atoms with Gasteiger partial charge in [0.1, 0.15) is 6.10 Å². The quantitative estimate of drug-likeness (QED) is 0.817. The maximum absolute atomic E-state index is 12.8. The molecule has 0 radical (unpaired) electrons. The molecule has 3 rings (SSSR count). The molecule has 0 heterocycles. The van der Waals surface area contributed by atoms with E-state index in [1.807, 2.05) is 0 Å². The third-order valence-corrected chi connectivity index (χ3v) is 6.26. The molecule has 4 nitrogen and oxygen atoms in total. The van der Waals surface area contributed by atoms with Crippen LogP contribution in [0.4, 0.5) is 0 Å². The molecule has 0 aromatic rings. The Morgan fingerprint density at radius 2 is 1.74 bits per heavy atom. The number of carbonyl (C=O) groups excluding carboxylic acids is 1. The van der Waals surface area contributed by atoms with Crippen LogP contribution in [0, 0.1) is 11.8 Å². The molecule has 0 spiro atoms. The van der Waals surface area contributed by atoms with Gasteiger partial charge in [-0.15, -0.1) is 0 Å². The lowest BCUT2D eigenvalue weighted by Crippen LogP contribution is -2.55. The van der Waals surface area contributed by atoms with Gasteiger partial charge in [0.2, 0.25) is 5.91 Å². The predicted octanol–water partition coefficient (Wildman–Crippen LogP) is 3.14. The van der Waals surface area contributed by atoms with Gasteiger partial charge in [0.15, 0.2) is 0 Å². The normalized spacial score (nSPS) is 36.4. The van der Waals surface area contributed by atoms with Crippen molar-refractivity contribution in [1.29, 1.82) is 0 Å². The highest BCUT2D eigenvalue weighted by Crippen LogP contribution is 2.39. The van der Waals surface area contributed by atoms with Crippen molar-refractivity contribution in [2.45, 2.75) is 102 Å². The van der Waals surface area contributed by atoms with E-state index in [2.05, 4.69) is 12.2 Å². The summed E-state index contributed by atoms with van der Waals surface area (Å²) in [6.07, 6.45) is 12.7. The number of nitrogens with two attached hydrogens (primary N) is 1. The molecule has 3 fully saturated rings. The third kappa shape index (κ3) is 4.27. The zero-order chi connectivity index (χ0) is 16.2. The maximum atomic E-state index is 12.8. The predicted molar refractivity (Wildman–Crippen MR) is 92.0 cm³/mol. The third-order valence-electron chi connectivity index (χ3n) is 6.26. The first kappa shape index (κ1) is 17.2. The van der Waals surface area contributed by atoms with Crippen molar-refractivity contribution in [2.75, 3.05) is 0 Å². The number of carbonyl (C=O) groups is 1. The first-order valence-electron chi connectivity index (χ1n) is 9.88. The molecule has 0 aromatic carbocycles. The summed E-state index contributed by atoms with van der Waals surface area (Å²) in [5.41, 5.74) is 6.19. The van der Waals surface area contributed by atoms with E-state index >= 15 is 0 Å². The lowest BCUT2D eigenvalue weighted by atomic mass is 9.67. The molecular formula is C19H34N2O2. The van der Waals surface area contributed by atoms with Crippen LogP contribution in [0.2, 0.25) is 0 Å². The molecule has 2 bridgehead atoms. The van der Waals surface area contributed by atoms with E-state index in [0.717, 1.165) is 32.1 Å². The Labute approximate surface area is 140 Å². The minimum absolute atomic E-state index is 0.121. The largest absolute Gasteiger partial charge is 0.365 e. The lowest BCUT2D eigenvalue weighted by molar-refractivity contribution is -0.140. The minimum Gasteiger partial charge on any atom is -0.365 e. The van der Waals surface area contributed by atoms with Gasteiger partial charge < -0.3 is 15.8 Å². The van der Waals surface area contributed by atoms with E-state index in [0.29, 0.717) is 30.0 Å². The number of nitrogens with one attached hydrogen (secondary N) is 1. The summed E-state index contributed by atoms with van der Waals surface area (Å²) in [5.74, 6) is 1.28. The molecular weight excluding hydrogens is 288 g/mol. The van der Waals surface area contributed by atoms with E-state index in [9.17, 15) is 4.79 Å². The van der Waals surface area contributed by atoms with Gasteiger partial charge in [0.25, 0.3) is 0 Å². The van der Waals surface area contributed by atoms with Crippen molar-refractivity contribution in [3.05, 3.63) is 0 Å². The van der Waals surface area contributed by atoms with Gasteiger partial charge in [0, 0.05) is 12.1 Å². The molecule has 3 atom stereocenters. The van der Waals surface area contributed by atoms with Gasteiger partial charge in [-0.25, -0.2) is 0 Å². The zero-order valence-corrected chi connectivity index (χ0v) is 14.6. The average molecular weight is 322 g/mol. The highest BCUT2D eigenvalue weighted by molar-refractivity contribution is 5.81. The zero-order valence-electron chi connectivity index (χ0n) is 14.6. The molecule has 0 aliphatic heterocycles. The molecule has 4 heteroatoms. The Balaban J connectivity index is 1.56. The second-order valence-corrected chi connectivity index (χ2v) is 8.01. The summed E-state index contributed by atoms with van der Waals surface area (Å²) in [6.45, 7) is 2.06. The highest BCUT2D eigenvalue weighted by atomic mass is 16.5. The Bertz CT molecular complexity index is 381. The minimum atomic E-state index is -0.269. The van der Waals surface area contributed by atoms with Crippen molar-refractivity contribution >= 4 is 5.91 Å². The Hall–Kier alpha value is -0.610. The van der Waals surface area contributed by atoms with Gasteiger partial charge in [-0.2, -0.15) is 0 Å². The van der Waals surface area contributed by atoms with Crippen LogP contribution in [0.25, 0.3) is 0 Å². The summed E-state index contributed by atoms with van der Waals surface area (Å²) < 4.78 is 6.15. The van der Waals surface area contributed by atoms with Crippen LogP contribution < -0.4 is 11.1 Å². The van der Waals surface area contributed by atoms with E-state index in [1.165, 1.54) is 38.5 Å². The Morgan fingerprint density at radius 1 is 1.09 bits per heavy atom. The van der Waals surface area contributed by atoms with Gasteiger partial charge in [0.05, 0.1) is 6.10 Å². The van der Waals surface area contributed by atoms with Crippen LogP contribution in [-0.4, -0.2) is 30.2 Å². The van der Waals surface area contributed by atoms with Gasteiger partial charge >= 0.3 is 0 Å². The van der Waals surface area contributed by atoms with Crippen molar-refractivity contribution in [3.63, 3.8) is 0 Å². The summed E-state index contributed by atoms with van der Waals surface area (Å²) in [4.78, 5) is 12.8. The second-order valence-electron chi connectivity index (χ2n) is 8.01. The maximum Gasteiger partial charge on any atom is 0.249 e. The van der Waals surface area contributed by atoms with Crippen LogP contribution in [0.3, 0.4) is 0 Å². The Kier molecular flexibility index (Phi) is 5.97. The standard InChI is InChI=1S/C19H34N2O2/c1-2-17(23-16-9-4-3-5-10-16)19(22)21-18-13-7-6-8-14(18)12-15(20)11-13/h13-18H,2-12,20H2,1H3,(H,21,22). The van der Waals surface area contributed by atoms with E-state index in [-0.39, 0.29) is 12.0 Å². The monoisotopic (exact) mass is 322 g/mol. The fraction of sp³-hybridized carbons (Fsp3) is 0.947. The van der Waals surface area contributed by atoms with Crippen molar-refractivity contribution < 1.29 is 9.53 Å². The van der Waals surface area contributed by atoms with Crippen molar-refractivity contribution in [3.8, 4) is 0 Å². The molecule has 3 aliphatic rings. The topological polar surface area (TPSA) is 64.3 Å². The van der Waals surface area contributed by atoms with Crippen LogP contribution in [0.15, 0.2) is 0 Å². The Morgan fingerprint density at radius 3 is 2.35 bits per heavy atom. The van der Waals surface area contributed by atoms with E-state index in [1.54, 1.807) is 0 Å². The van der Waals surface area contributed by atoms with Crippen molar-refractivity contribution in [2.24, 2.45) is 17.6 Å². The molecule has 3 unspecified atom stereocenters. The first-order valence-corrected chi connectivity index (χ1v) is 9.88. The van der Waals surface area contributed by atoms with Gasteiger partial charge in [-0.3, -0.25) is 4.79 Å². The number of amides is 1. The molecule has 3 aliphatic carbocycles. The van der Waals surface area contributed by atoms with E-state index < -0.39 is 0 Å². The highest BCUT2D eigenvalue weighted by Gasteiger charge is 2.40. The lowest BCUT2D eigenvalue weighted by Gasteiger charge is -2.45. The fourth-order valence-corrected chi connectivity index (χ4v) is 5.06. The van der Waals surface area contributed by atoms with Gasteiger partial charge in [-0.1, -0.05) is 32.6 Å². The van der Waals surface area contributed by atoms with Gasteiger partial charge in [-0.05, 0) is 56.8 Å². The average Bonchev–Trinajstić information content (AvgIpc) is 2.54. The molecule has 0 aromatic heterocycles. The van der Waals surface area contributed by atoms with E-state index in [4.69, 9.17) is 10.5 Å². The SMILES string of the molecule is CCC(OC1CCCCC1)C(=O)NC1C2CCCC1CC(N)C2. The summed E-state index contributed by atoms with van der Waals surface area (Å²) in [5, 5.41) is 3.36. The number of hydrogen-bond acceptors (Lipinski definition) is 3. The van der Waals surface area contributed by atoms with Crippen molar-refractivity contribution in [1.82, 2.24) is 5.32 Å². The second kappa shape index (κ2) is 7.98. The molecule has 3 saturated carbocycles. The molecule has 132 valence electrons. The summed E-state index contributed by atoms with van der Waals surface area (Å²) >= 11 is 0. The summed E-state index contributed by atoms with van der Waals surface area (Å²) in [7, 11) is 0. The van der Waals surface area contributed by atoms with Crippen LogP contribution in [0.1, 0.15) is 77.6 Å². The number of fused-ring (bicyclic) bond motifs is 2. The van der Waals surface area contributed by atoms with Crippen LogP contribution >= 0.6 is 0 Å². The number of hydrogen-bond donors (Lipinski definition) is 2. The molecule has 3 N–H and O–H groups in total. The first-order chi connectivity index (χ1) is 11.2.